The molecule has 1 aromatic heterocycles. The second-order valence-corrected chi connectivity index (χ2v) is 4.82. The van der Waals surface area contributed by atoms with Crippen LogP contribution in [-0.4, -0.2) is 34.5 Å². The van der Waals surface area contributed by atoms with Gasteiger partial charge in [0.1, 0.15) is 5.82 Å². The molecule has 1 heterocycles. The van der Waals surface area contributed by atoms with E-state index in [1.807, 2.05) is 0 Å². The molecule has 0 saturated heterocycles. The van der Waals surface area contributed by atoms with Gasteiger partial charge >= 0.3 is 0 Å². The molecule has 0 spiro atoms. The molecule has 1 amide bonds. The highest BCUT2D eigenvalue weighted by Gasteiger charge is 2.13. The molecule has 2 aromatic rings. The number of carbonyl (C=O) groups excluding carboxylic acids is 1. The summed E-state index contributed by atoms with van der Waals surface area (Å²) in [5.74, 6) is -0.326. The van der Waals surface area contributed by atoms with Gasteiger partial charge in [-0.15, -0.1) is 0 Å². The monoisotopic (exact) mass is 284 g/mol. The number of anilines is 1. The van der Waals surface area contributed by atoms with E-state index in [1.54, 1.807) is 18.7 Å². The molecule has 2 N–H and O–H groups in total. The molecule has 0 aliphatic heterocycles. The molecular weight excluding hydrogens is 271 g/mol. The van der Waals surface area contributed by atoms with Crippen LogP contribution in [-0.2, 0) is 11.3 Å². The van der Waals surface area contributed by atoms with E-state index in [4.69, 9.17) is 17.3 Å². The Labute approximate surface area is 114 Å². The lowest BCUT2D eigenvalue weighted by Crippen LogP contribution is -2.23. The molecule has 102 valence electrons. The van der Waals surface area contributed by atoms with Crippen molar-refractivity contribution in [2.45, 2.75) is 13.0 Å². The minimum Gasteiger partial charge on any atom is -0.369 e. The largest absolute Gasteiger partial charge is 0.369 e. The number of nitrogens with two attached hydrogens (primary N) is 1. The van der Waals surface area contributed by atoms with Gasteiger partial charge in [-0.3, -0.25) is 4.79 Å². The van der Waals surface area contributed by atoms with Crippen molar-refractivity contribution < 1.29 is 9.18 Å². The number of nitrogen functional groups attached to an aromatic ring is 1. The Kier molecular flexibility index (Phi) is 3.61. The van der Waals surface area contributed by atoms with Crippen LogP contribution in [0.25, 0.3) is 11.0 Å². The van der Waals surface area contributed by atoms with Crippen LogP contribution >= 0.6 is 11.6 Å². The lowest BCUT2D eigenvalue weighted by Gasteiger charge is -2.11. The Bertz CT molecular complexity index is 638. The van der Waals surface area contributed by atoms with E-state index in [-0.39, 0.29) is 23.3 Å². The highest BCUT2D eigenvalue weighted by atomic mass is 35.5. The van der Waals surface area contributed by atoms with Gasteiger partial charge in [-0.1, -0.05) is 11.6 Å². The fourth-order valence-electron chi connectivity index (χ4n) is 1.80. The van der Waals surface area contributed by atoms with Crippen LogP contribution in [0, 0.1) is 5.82 Å². The fraction of sp³-hybridized carbons (Fsp3) is 0.333. The maximum absolute atomic E-state index is 13.5. The number of aromatic nitrogens is 2. The van der Waals surface area contributed by atoms with Gasteiger partial charge in [0.2, 0.25) is 11.9 Å². The number of amides is 1. The van der Waals surface area contributed by atoms with Gasteiger partial charge in [0.25, 0.3) is 0 Å². The van der Waals surface area contributed by atoms with Crippen molar-refractivity contribution in [2.75, 3.05) is 19.8 Å². The van der Waals surface area contributed by atoms with Crippen LogP contribution in [0.2, 0.25) is 5.02 Å². The zero-order valence-electron chi connectivity index (χ0n) is 10.7. The molecule has 0 saturated carbocycles. The van der Waals surface area contributed by atoms with Gasteiger partial charge in [-0.2, -0.15) is 0 Å². The molecule has 0 bridgehead atoms. The number of hydrogen-bond acceptors (Lipinski definition) is 3. The first-order valence-corrected chi connectivity index (χ1v) is 6.09. The molecule has 0 aliphatic rings. The maximum Gasteiger partial charge on any atom is 0.223 e. The van der Waals surface area contributed by atoms with Crippen LogP contribution in [0.5, 0.6) is 0 Å². The third-order valence-corrected chi connectivity index (χ3v) is 3.16. The Morgan fingerprint density at radius 3 is 2.84 bits per heavy atom. The van der Waals surface area contributed by atoms with Crippen LogP contribution in [0.3, 0.4) is 0 Å². The molecule has 0 atom stereocenters. The van der Waals surface area contributed by atoms with E-state index in [0.29, 0.717) is 17.6 Å². The van der Waals surface area contributed by atoms with Crippen LogP contribution in [0.15, 0.2) is 12.1 Å². The van der Waals surface area contributed by atoms with E-state index in [2.05, 4.69) is 4.98 Å². The smallest absolute Gasteiger partial charge is 0.223 e. The highest BCUT2D eigenvalue weighted by molar-refractivity contribution is 6.31. The molecule has 2 rings (SSSR count). The summed E-state index contributed by atoms with van der Waals surface area (Å²) in [7, 11) is 3.36. The predicted molar refractivity (Wildman–Crippen MR) is 72.4 cm³/mol. The minimum atomic E-state index is -0.533. The Hall–Kier alpha value is -1.82. The highest BCUT2D eigenvalue weighted by Crippen LogP contribution is 2.24. The number of fused-ring (bicyclic) bond motifs is 1. The van der Waals surface area contributed by atoms with Crippen LogP contribution < -0.4 is 5.73 Å². The predicted octanol–water partition coefficient (Wildman–Crippen LogP) is 1.89. The van der Waals surface area contributed by atoms with Crippen molar-refractivity contribution in [3.05, 3.63) is 23.0 Å². The molecule has 0 aliphatic carbocycles. The quantitative estimate of drug-likeness (QED) is 0.936. The first-order valence-electron chi connectivity index (χ1n) is 5.71. The normalized spacial score (nSPS) is 10.9. The number of rotatable bonds is 3. The lowest BCUT2D eigenvalue weighted by atomic mass is 10.3. The number of carbonyl (C=O) groups is 1. The molecule has 0 radical (unpaired) electrons. The zero-order valence-corrected chi connectivity index (χ0v) is 11.4. The Morgan fingerprint density at radius 2 is 2.21 bits per heavy atom. The number of hydrogen-bond donors (Lipinski definition) is 1. The second-order valence-electron chi connectivity index (χ2n) is 4.41. The molecular formula is C12H14ClFN4O. The van der Waals surface area contributed by atoms with Crippen molar-refractivity contribution >= 4 is 34.5 Å². The number of halogens is 2. The third kappa shape index (κ3) is 2.63. The topological polar surface area (TPSA) is 64.2 Å². The van der Waals surface area contributed by atoms with Gasteiger partial charge in [0.15, 0.2) is 0 Å². The summed E-state index contributed by atoms with van der Waals surface area (Å²) in [4.78, 5) is 17.2. The molecule has 19 heavy (non-hydrogen) atoms. The summed E-state index contributed by atoms with van der Waals surface area (Å²) < 4.78 is 15.1. The third-order valence-electron chi connectivity index (χ3n) is 2.87. The van der Waals surface area contributed by atoms with Crippen LogP contribution in [0.1, 0.15) is 6.42 Å². The maximum atomic E-state index is 13.5. The van der Waals surface area contributed by atoms with E-state index in [9.17, 15) is 9.18 Å². The fourth-order valence-corrected chi connectivity index (χ4v) is 1.96. The first-order chi connectivity index (χ1) is 8.90. The molecule has 5 nitrogen and oxygen atoms in total. The number of nitrogens with zero attached hydrogens (tertiary/aromatic N) is 3. The van der Waals surface area contributed by atoms with E-state index in [1.165, 1.54) is 17.0 Å². The Morgan fingerprint density at radius 1 is 1.53 bits per heavy atom. The number of imidazole rings is 1. The van der Waals surface area contributed by atoms with Gasteiger partial charge < -0.3 is 15.2 Å². The van der Waals surface area contributed by atoms with Crippen molar-refractivity contribution in [3.63, 3.8) is 0 Å². The van der Waals surface area contributed by atoms with Crippen molar-refractivity contribution in [1.29, 1.82) is 0 Å². The average Bonchev–Trinajstić information content (AvgIpc) is 2.62. The first kappa shape index (κ1) is 13.6. The van der Waals surface area contributed by atoms with Gasteiger partial charge in [0, 0.05) is 33.1 Å². The second kappa shape index (κ2) is 5.05. The van der Waals surface area contributed by atoms with E-state index < -0.39 is 5.82 Å². The van der Waals surface area contributed by atoms with Gasteiger partial charge in [-0.05, 0) is 6.07 Å². The summed E-state index contributed by atoms with van der Waals surface area (Å²) in [5, 5.41) is 0.00141. The summed E-state index contributed by atoms with van der Waals surface area (Å²) in [6.07, 6.45) is 0.271. The standard InChI is InChI=1S/C12H14ClFN4O/c1-17(2)11(19)3-4-18-10-6-8(14)7(13)5-9(10)16-12(18)15/h5-6H,3-4H2,1-2H3,(H2,15,16). The molecule has 1 aromatic carbocycles. The molecule has 7 heteroatoms. The summed E-state index contributed by atoms with van der Waals surface area (Å²) in [6, 6.07) is 2.70. The van der Waals surface area contributed by atoms with Crippen LogP contribution in [0.4, 0.5) is 10.3 Å². The van der Waals surface area contributed by atoms with Crippen molar-refractivity contribution in [1.82, 2.24) is 14.5 Å². The molecule has 0 unspecified atom stereocenters. The Balaban J connectivity index is 2.35. The van der Waals surface area contributed by atoms with Crippen molar-refractivity contribution in [3.8, 4) is 0 Å². The average molecular weight is 285 g/mol. The SMILES string of the molecule is CN(C)C(=O)CCn1c(N)nc2cc(Cl)c(F)cc21. The van der Waals surface area contributed by atoms with Gasteiger partial charge in [-0.25, -0.2) is 9.37 Å². The van der Waals surface area contributed by atoms with Crippen molar-refractivity contribution in [2.24, 2.45) is 0 Å². The van der Waals surface area contributed by atoms with E-state index >= 15 is 0 Å². The lowest BCUT2D eigenvalue weighted by molar-refractivity contribution is -0.128. The summed E-state index contributed by atoms with van der Waals surface area (Å²) in [6.45, 7) is 0.348. The number of benzene rings is 1. The zero-order chi connectivity index (χ0) is 14.2. The number of aryl methyl sites for hydroxylation is 1. The van der Waals surface area contributed by atoms with E-state index in [0.717, 1.165) is 0 Å². The van der Waals surface area contributed by atoms with Gasteiger partial charge in [0.05, 0.1) is 16.1 Å². The minimum absolute atomic E-state index is 0.00141. The summed E-state index contributed by atoms with van der Waals surface area (Å²) in [5.41, 5.74) is 6.83. The summed E-state index contributed by atoms with van der Waals surface area (Å²) >= 11 is 5.69. The molecule has 0 fully saturated rings.